The van der Waals surface area contributed by atoms with E-state index in [4.69, 9.17) is 0 Å². The molecular weight excluding hydrogens is 290 g/mol. The van der Waals surface area contributed by atoms with E-state index >= 15 is 0 Å². The van der Waals surface area contributed by atoms with Crippen molar-refractivity contribution < 1.29 is 5.11 Å². The lowest BCUT2D eigenvalue weighted by Gasteiger charge is -2.40. The molecule has 2 rings (SSSR count). The summed E-state index contributed by atoms with van der Waals surface area (Å²) in [5.74, 6) is 0. The number of aliphatic hydroxyl groups is 1. The minimum absolute atomic E-state index is 0.0255. The Hall–Kier alpha value is -0.380. The molecule has 18 heavy (non-hydrogen) atoms. The van der Waals surface area contributed by atoms with E-state index in [1.807, 2.05) is 12.1 Å². The molecule has 1 aromatic rings. The topological polar surface area (TPSA) is 23.5 Å². The van der Waals surface area contributed by atoms with Gasteiger partial charge >= 0.3 is 0 Å². The van der Waals surface area contributed by atoms with Crippen LogP contribution >= 0.6 is 15.9 Å². The van der Waals surface area contributed by atoms with Gasteiger partial charge in [0.25, 0.3) is 0 Å². The van der Waals surface area contributed by atoms with Gasteiger partial charge in [0.15, 0.2) is 0 Å². The van der Waals surface area contributed by atoms with Gasteiger partial charge in [0.1, 0.15) is 0 Å². The van der Waals surface area contributed by atoms with Crippen LogP contribution in [-0.4, -0.2) is 35.7 Å². The lowest BCUT2D eigenvalue weighted by Crippen LogP contribution is -2.52. The molecule has 1 aliphatic carbocycles. The normalized spacial score (nSPS) is 20.3. The van der Waals surface area contributed by atoms with Gasteiger partial charge in [-0.15, -0.1) is 0 Å². The smallest absolute Gasteiger partial charge is 0.0763 e. The van der Waals surface area contributed by atoms with E-state index in [0.717, 1.165) is 23.7 Å². The molecule has 0 radical (unpaired) electrons. The van der Waals surface area contributed by atoms with Crippen LogP contribution in [-0.2, 0) is 6.42 Å². The van der Waals surface area contributed by atoms with Crippen LogP contribution in [0.2, 0.25) is 0 Å². The van der Waals surface area contributed by atoms with Crippen molar-refractivity contribution in [2.75, 3.05) is 14.1 Å². The third-order valence-corrected chi connectivity index (χ3v) is 4.79. The molecule has 1 saturated carbocycles. The summed E-state index contributed by atoms with van der Waals surface area (Å²) >= 11 is 3.49. The summed E-state index contributed by atoms with van der Waals surface area (Å²) in [5, 5.41) is 10.7. The monoisotopic (exact) mass is 311 g/mol. The number of nitrogens with zero attached hydrogens (tertiary/aromatic N) is 1. The molecule has 1 N–H and O–H groups in total. The van der Waals surface area contributed by atoms with E-state index in [1.54, 1.807) is 0 Å². The second-order valence-electron chi connectivity index (χ2n) is 5.55. The summed E-state index contributed by atoms with van der Waals surface area (Å²) < 4.78 is 1.08. The Kier molecular flexibility index (Phi) is 4.46. The maximum atomic E-state index is 10.7. The Morgan fingerprint density at radius 2 is 2.00 bits per heavy atom. The van der Waals surface area contributed by atoms with Gasteiger partial charge in [-0.3, -0.25) is 0 Å². The van der Waals surface area contributed by atoms with Crippen molar-refractivity contribution in [2.24, 2.45) is 0 Å². The number of hydrogen-bond acceptors (Lipinski definition) is 2. The zero-order valence-electron chi connectivity index (χ0n) is 11.2. The average molecular weight is 312 g/mol. The van der Waals surface area contributed by atoms with Crippen molar-refractivity contribution in [3.05, 3.63) is 34.3 Å². The molecule has 1 unspecified atom stereocenters. The number of likely N-dealkylation sites (N-methyl/N-ethyl adjacent to an activating group) is 1. The van der Waals surface area contributed by atoms with Crippen LogP contribution in [0.1, 0.15) is 31.2 Å². The van der Waals surface area contributed by atoms with Gasteiger partial charge < -0.3 is 10.0 Å². The third-order valence-electron chi connectivity index (χ3n) is 4.30. The summed E-state index contributed by atoms with van der Waals surface area (Å²) in [6, 6.07) is 8.24. The Morgan fingerprint density at radius 3 is 2.56 bits per heavy atom. The second-order valence-corrected chi connectivity index (χ2v) is 6.47. The fourth-order valence-corrected chi connectivity index (χ4v) is 3.59. The first kappa shape index (κ1) is 14.0. The van der Waals surface area contributed by atoms with Gasteiger partial charge in [0.05, 0.1) is 6.10 Å². The molecule has 100 valence electrons. The Bertz CT molecular complexity index is 399. The number of rotatable bonds is 4. The summed E-state index contributed by atoms with van der Waals surface area (Å²) in [6.45, 7) is 0. The molecule has 1 aliphatic rings. The fraction of sp³-hybridized carbons (Fsp3) is 0.600. The molecule has 0 aromatic heterocycles. The SMILES string of the molecule is CN(C)C1(C(O)Cc2cccc(Br)c2)CCCC1. The van der Waals surface area contributed by atoms with E-state index in [2.05, 4.69) is 47.1 Å². The number of halogens is 1. The number of hydrogen-bond donors (Lipinski definition) is 1. The number of aliphatic hydroxyl groups excluding tert-OH is 1. The predicted molar refractivity (Wildman–Crippen MR) is 78.7 cm³/mol. The van der Waals surface area contributed by atoms with Crippen molar-refractivity contribution in [2.45, 2.75) is 43.7 Å². The van der Waals surface area contributed by atoms with Gasteiger partial charge in [0, 0.05) is 16.4 Å². The first-order valence-corrected chi connectivity index (χ1v) is 7.44. The first-order chi connectivity index (χ1) is 8.54. The number of benzene rings is 1. The average Bonchev–Trinajstić information content (AvgIpc) is 2.79. The van der Waals surface area contributed by atoms with Crippen molar-refractivity contribution in [1.82, 2.24) is 4.90 Å². The minimum atomic E-state index is -0.288. The molecule has 1 fully saturated rings. The Morgan fingerprint density at radius 1 is 1.33 bits per heavy atom. The fourth-order valence-electron chi connectivity index (χ4n) is 3.14. The molecule has 0 spiro atoms. The summed E-state index contributed by atoms with van der Waals surface area (Å²) in [4.78, 5) is 2.22. The molecule has 0 bridgehead atoms. The molecule has 1 aromatic carbocycles. The maximum Gasteiger partial charge on any atom is 0.0763 e. The van der Waals surface area contributed by atoms with E-state index in [-0.39, 0.29) is 11.6 Å². The van der Waals surface area contributed by atoms with Crippen LogP contribution in [0.3, 0.4) is 0 Å². The quantitative estimate of drug-likeness (QED) is 0.923. The van der Waals surface area contributed by atoms with Crippen LogP contribution in [0.15, 0.2) is 28.7 Å². The van der Waals surface area contributed by atoms with Gasteiger partial charge in [-0.25, -0.2) is 0 Å². The van der Waals surface area contributed by atoms with Crippen LogP contribution in [0.25, 0.3) is 0 Å². The van der Waals surface area contributed by atoms with Crippen LogP contribution in [0.5, 0.6) is 0 Å². The zero-order valence-corrected chi connectivity index (χ0v) is 12.8. The van der Waals surface area contributed by atoms with E-state index < -0.39 is 0 Å². The Labute approximate surface area is 118 Å². The van der Waals surface area contributed by atoms with Crippen LogP contribution in [0, 0.1) is 0 Å². The summed E-state index contributed by atoms with van der Waals surface area (Å²) in [7, 11) is 4.19. The highest BCUT2D eigenvalue weighted by atomic mass is 79.9. The highest BCUT2D eigenvalue weighted by Crippen LogP contribution is 2.37. The zero-order chi connectivity index (χ0) is 13.2. The first-order valence-electron chi connectivity index (χ1n) is 6.64. The molecule has 0 aliphatic heterocycles. The largest absolute Gasteiger partial charge is 0.391 e. The van der Waals surface area contributed by atoms with Gasteiger partial charge in [0.2, 0.25) is 0 Å². The predicted octanol–water partition coefficient (Wildman–Crippen LogP) is 3.23. The van der Waals surface area contributed by atoms with Crippen molar-refractivity contribution >= 4 is 15.9 Å². The molecule has 0 heterocycles. The van der Waals surface area contributed by atoms with Crippen molar-refractivity contribution in [3.63, 3.8) is 0 Å². The minimum Gasteiger partial charge on any atom is -0.391 e. The standard InChI is InChI=1S/C15H22BrNO/c1-17(2)15(8-3-4-9-15)14(18)11-12-6-5-7-13(16)10-12/h5-7,10,14,18H,3-4,8-9,11H2,1-2H3. The lowest BCUT2D eigenvalue weighted by molar-refractivity contribution is -0.00250. The molecule has 3 heteroatoms. The third kappa shape index (κ3) is 2.79. The summed E-state index contributed by atoms with van der Waals surface area (Å²) in [6.07, 6.45) is 5.12. The molecule has 0 saturated heterocycles. The highest BCUT2D eigenvalue weighted by molar-refractivity contribution is 9.10. The molecule has 0 amide bonds. The maximum absolute atomic E-state index is 10.7. The Balaban J connectivity index is 2.13. The van der Waals surface area contributed by atoms with Crippen molar-refractivity contribution in [3.8, 4) is 0 Å². The van der Waals surface area contributed by atoms with E-state index in [9.17, 15) is 5.11 Å². The summed E-state index contributed by atoms with van der Waals surface area (Å²) in [5.41, 5.74) is 1.17. The van der Waals surface area contributed by atoms with Gasteiger partial charge in [-0.05, 0) is 44.6 Å². The second kappa shape index (κ2) is 5.72. The van der Waals surface area contributed by atoms with E-state index in [1.165, 1.54) is 18.4 Å². The van der Waals surface area contributed by atoms with Crippen molar-refractivity contribution in [1.29, 1.82) is 0 Å². The van der Waals surface area contributed by atoms with Gasteiger partial charge in [-0.1, -0.05) is 40.9 Å². The molecular formula is C15H22BrNO. The van der Waals surface area contributed by atoms with E-state index in [0.29, 0.717) is 0 Å². The lowest BCUT2D eigenvalue weighted by atomic mass is 9.85. The van der Waals surface area contributed by atoms with Gasteiger partial charge in [-0.2, -0.15) is 0 Å². The highest BCUT2D eigenvalue weighted by Gasteiger charge is 2.42. The van der Waals surface area contributed by atoms with Crippen LogP contribution in [0.4, 0.5) is 0 Å². The van der Waals surface area contributed by atoms with Crippen LogP contribution < -0.4 is 0 Å². The molecule has 2 nitrogen and oxygen atoms in total. The molecule has 1 atom stereocenters.